The summed E-state index contributed by atoms with van der Waals surface area (Å²) in [6.45, 7) is 1.80. The van der Waals surface area contributed by atoms with E-state index in [1.54, 1.807) is 0 Å². The third-order valence-corrected chi connectivity index (χ3v) is 5.70. The average Bonchev–Trinajstić information content (AvgIpc) is 3.09. The molecule has 0 radical (unpaired) electrons. The van der Waals surface area contributed by atoms with Gasteiger partial charge in [-0.25, -0.2) is 0 Å². The van der Waals surface area contributed by atoms with Crippen LogP contribution in [-0.2, 0) is 11.2 Å². The molecule has 3 aliphatic rings. The molecule has 1 aromatic heterocycles. The van der Waals surface area contributed by atoms with Crippen LogP contribution in [-0.4, -0.2) is 34.0 Å². The van der Waals surface area contributed by atoms with Crippen LogP contribution in [0.4, 0.5) is 0 Å². The fourth-order valence-electron chi connectivity index (χ4n) is 4.15. The lowest BCUT2D eigenvalue weighted by Crippen LogP contribution is -2.41. The molecule has 126 valence electrons. The van der Waals surface area contributed by atoms with Crippen molar-refractivity contribution in [3.63, 3.8) is 0 Å². The topological polar surface area (TPSA) is 59.2 Å². The van der Waals surface area contributed by atoms with Crippen LogP contribution in [0.1, 0.15) is 75.4 Å². The molecule has 3 fully saturated rings. The molecule has 1 saturated heterocycles. The molecule has 0 spiro atoms. The van der Waals surface area contributed by atoms with Crippen LogP contribution in [0.5, 0.6) is 0 Å². The van der Waals surface area contributed by atoms with Crippen LogP contribution in [0.25, 0.3) is 0 Å². The molecule has 4 rings (SSSR count). The number of carbonyl (C=O) groups is 1. The van der Waals surface area contributed by atoms with Crippen molar-refractivity contribution in [3.05, 3.63) is 11.7 Å². The molecule has 2 heterocycles. The van der Waals surface area contributed by atoms with Crippen LogP contribution in [0.15, 0.2) is 4.52 Å². The zero-order valence-corrected chi connectivity index (χ0v) is 13.9. The molecule has 2 aliphatic carbocycles. The normalized spacial score (nSPS) is 25.9. The van der Waals surface area contributed by atoms with Crippen LogP contribution in [0.2, 0.25) is 0 Å². The molecule has 2 saturated carbocycles. The highest BCUT2D eigenvalue weighted by Crippen LogP contribution is 2.38. The summed E-state index contributed by atoms with van der Waals surface area (Å²) in [4.78, 5) is 19.2. The number of nitrogens with zero attached hydrogens (tertiary/aromatic N) is 3. The number of hydrogen-bond acceptors (Lipinski definition) is 4. The lowest BCUT2D eigenvalue weighted by atomic mass is 9.93. The minimum absolute atomic E-state index is 0.366. The van der Waals surface area contributed by atoms with Crippen LogP contribution >= 0.6 is 0 Å². The highest BCUT2D eigenvalue weighted by Gasteiger charge is 2.30. The summed E-state index contributed by atoms with van der Waals surface area (Å²) >= 11 is 0. The van der Waals surface area contributed by atoms with E-state index in [4.69, 9.17) is 4.52 Å². The minimum Gasteiger partial charge on any atom is -0.342 e. The van der Waals surface area contributed by atoms with E-state index in [-0.39, 0.29) is 0 Å². The smallest absolute Gasteiger partial charge is 0.226 e. The van der Waals surface area contributed by atoms with Crippen molar-refractivity contribution in [1.82, 2.24) is 15.0 Å². The van der Waals surface area contributed by atoms with Gasteiger partial charge in [-0.2, -0.15) is 4.98 Å². The van der Waals surface area contributed by atoms with Crippen molar-refractivity contribution in [1.29, 1.82) is 0 Å². The van der Waals surface area contributed by atoms with Crippen molar-refractivity contribution in [3.8, 4) is 0 Å². The van der Waals surface area contributed by atoms with E-state index < -0.39 is 0 Å². The third kappa shape index (κ3) is 3.75. The first kappa shape index (κ1) is 15.2. The standard InChI is InChI=1S/C18H27N3O2/c22-17(11-13-4-1-2-5-13)21-9-3-6-14(12-21)10-16-19-18(20-23-16)15-7-8-15/h13-15H,1-12H2. The zero-order valence-electron chi connectivity index (χ0n) is 13.9. The highest BCUT2D eigenvalue weighted by atomic mass is 16.5. The summed E-state index contributed by atoms with van der Waals surface area (Å²) in [6, 6.07) is 0. The van der Waals surface area contributed by atoms with Crippen molar-refractivity contribution in [2.24, 2.45) is 11.8 Å². The molecule has 1 aliphatic heterocycles. The predicted molar refractivity (Wildman–Crippen MR) is 85.9 cm³/mol. The molecule has 0 aromatic carbocycles. The highest BCUT2D eigenvalue weighted by molar-refractivity contribution is 5.76. The first-order valence-corrected chi connectivity index (χ1v) is 9.38. The van der Waals surface area contributed by atoms with Gasteiger partial charge in [-0.1, -0.05) is 18.0 Å². The van der Waals surface area contributed by atoms with Gasteiger partial charge in [-0.3, -0.25) is 4.79 Å². The minimum atomic E-state index is 0.366. The van der Waals surface area contributed by atoms with Gasteiger partial charge in [-0.05, 0) is 50.4 Å². The van der Waals surface area contributed by atoms with E-state index in [0.717, 1.165) is 50.5 Å². The number of piperidine rings is 1. The number of rotatable bonds is 5. The number of amides is 1. The molecule has 5 nitrogen and oxygen atoms in total. The molecule has 1 aromatic rings. The van der Waals surface area contributed by atoms with Gasteiger partial charge in [0, 0.05) is 31.8 Å². The number of likely N-dealkylation sites (tertiary alicyclic amines) is 1. The first-order valence-electron chi connectivity index (χ1n) is 9.38. The molecule has 1 unspecified atom stereocenters. The average molecular weight is 317 g/mol. The summed E-state index contributed by atoms with van der Waals surface area (Å²) in [6.07, 6.45) is 11.4. The van der Waals surface area contributed by atoms with E-state index in [0.29, 0.717) is 23.7 Å². The monoisotopic (exact) mass is 317 g/mol. The Bertz CT molecular complexity index is 546. The Kier molecular flexibility index (Phi) is 4.36. The van der Waals surface area contributed by atoms with Crippen molar-refractivity contribution in [2.75, 3.05) is 13.1 Å². The van der Waals surface area contributed by atoms with Crippen molar-refractivity contribution < 1.29 is 9.32 Å². The number of carbonyl (C=O) groups excluding carboxylic acids is 1. The second-order valence-corrected chi connectivity index (χ2v) is 7.73. The number of aromatic nitrogens is 2. The van der Waals surface area contributed by atoms with Gasteiger partial charge in [0.2, 0.25) is 11.8 Å². The van der Waals surface area contributed by atoms with E-state index in [9.17, 15) is 4.79 Å². The quantitative estimate of drug-likeness (QED) is 0.836. The van der Waals surface area contributed by atoms with E-state index in [1.165, 1.54) is 38.5 Å². The van der Waals surface area contributed by atoms with Crippen LogP contribution < -0.4 is 0 Å². The maximum atomic E-state index is 12.5. The predicted octanol–water partition coefficient (Wildman–Crippen LogP) is 3.31. The molecule has 23 heavy (non-hydrogen) atoms. The van der Waals surface area contributed by atoms with E-state index >= 15 is 0 Å². The Hall–Kier alpha value is -1.39. The van der Waals surface area contributed by atoms with Gasteiger partial charge in [0.15, 0.2) is 5.82 Å². The van der Waals surface area contributed by atoms with Crippen LogP contribution in [0.3, 0.4) is 0 Å². The molecule has 0 N–H and O–H groups in total. The second-order valence-electron chi connectivity index (χ2n) is 7.73. The summed E-state index contributed by atoms with van der Waals surface area (Å²) in [5, 5.41) is 4.10. The van der Waals surface area contributed by atoms with Gasteiger partial charge in [-0.15, -0.1) is 0 Å². The summed E-state index contributed by atoms with van der Waals surface area (Å²) in [5.74, 6) is 3.69. The Labute approximate surface area is 137 Å². The van der Waals surface area contributed by atoms with Crippen molar-refractivity contribution >= 4 is 5.91 Å². The Balaban J connectivity index is 1.29. The second kappa shape index (κ2) is 6.62. The van der Waals surface area contributed by atoms with Crippen molar-refractivity contribution in [2.45, 2.75) is 70.1 Å². The SMILES string of the molecule is O=C(CC1CCCC1)N1CCCC(Cc2nc(C3CC3)no2)C1. The van der Waals surface area contributed by atoms with Gasteiger partial charge in [0.25, 0.3) is 0 Å². The van der Waals surface area contributed by atoms with E-state index in [2.05, 4.69) is 15.0 Å². The Morgan fingerprint density at radius 1 is 1.09 bits per heavy atom. The number of hydrogen-bond donors (Lipinski definition) is 0. The molecular weight excluding hydrogens is 290 g/mol. The Morgan fingerprint density at radius 2 is 1.87 bits per heavy atom. The van der Waals surface area contributed by atoms with Gasteiger partial charge in [0.1, 0.15) is 0 Å². The Morgan fingerprint density at radius 3 is 2.65 bits per heavy atom. The summed E-state index contributed by atoms with van der Waals surface area (Å²) in [7, 11) is 0. The molecular formula is C18H27N3O2. The fourth-order valence-corrected chi connectivity index (χ4v) is 4.15. The van der Waals surface area contributed by atoms with Gasteiger partial charge < -0.3 is 9.42 Å². The summed E-state index contributed by atoms with van der Waals surface area (Å²) < 4.78 is 5.41. The molecule has 0 bridgehead atoms. The maximum absolute atomic E-state index is 12.5. The summed E-state index contributed by atoms with van der Waals surface area (Å²) in [5.41, 5.74) is 0. The van der Waals surface area contributed by atoms with E-state index in [1.807, 2.05) is 0 Å². The fraction of sp³-hybridized carbons (Fsp3) is 0.833. The van der Waals surface area contributed by atoms with Gasteiger partial charge >= 0.3 is 0 Å². The zero-order chi connectivity index (χ0) is 15.6. The molecule has 1 atom stereocenters. The third-order valence-electron chi connectivity index (χ3n) is 5.70. The van der Waals surface area contributed by atoms with Gasteiger partial charge in [0.05, 0.1) is 0 Å². The lowest BCUT2D eigenvalue weighted by Gasteiger charge is -2.33. The maximum Gasteiger partial charge on any atom is 0.226 e. The first-order chi connectivity index (χ1) is 11.3. The molecule has 5 heteroatoms. The lowest BCUT2D eigenvalue weighted by molar-refractivity contribution is -0.134. The molecule has 1 amide bonds. The largest absolute Gasteiger partial charge is 0.342 e. The van der Waals surface area contributed by atoms with Crippen LogP contribution in [0, 0.1) is 11.8 Å².